The molecule has 0 aromatic heterocycles. The lowest BCUT2D eigenvalue weighted by molar-refractivity contribution is -0.144. The molecule has 0 heterocycles. The van der Waals surface area contributed by atoms with Crippen LogP contribution in [0.15, 0.2) is 24.3 Å². The van der Waals surface area contributed by atoms with Crippen molar-refractivity contribution in [3.63, 3.8) is 0 Å². The number of aliphatic carboxylic acids is 1. The maximum absolute atomic E-state index is 13.1. The number of aliphatic hydroxyl groups excluding tert-OH is 1. The molecule has 0 bridgehead atoms. The summed E-state index contributed by atoms with van der Waals surface area (Å²) in [6, 6.07) is 1.36. The van der Waals surface area contributed by atoms with E-state index in [1.165, 1.54) is 19.1 Å². The number of benzene rings is 1. The molecule has 34 heavy (non-hydrogen) atoms. The molecule has 11 heteroatoms. The number of carboxylic acids is 1. The average molecular weight is 481 g/mol. The van der Waals surface area contributed by atoms with Crippen molar-refractivity contribution in [3.8, 4) is 5.75 Å². The van der Waals surface area contributed by atoms with Gasteiger partial charge < -0.3 is 37.0 Å². The zero-order valence-corrected chi connectivity index (χ0v) is 20.1. The van der Waals surface area contributed by atoms with E-state index in [4.69, 9.17) is 5.73 Å². The first-order chi connectivity index (χ1) is 15.7. The van der Waals surface area contributed by atoms with E-state index in [0.29, 0.717) is 5.56 Å². The van der Waals surface area contributed by atoms with Crippen LogP contribution in [-0.2, 0) is 25.6 Å². The molecule has 0 saturated carbocycles. The van der Waals surface area contributed by atoms with Crippen LogP contribution in [0.4, 0.5) is 0 Å². The fraction of sp³-hybridized carbons (Fsp3) is 0.565. The molecular formula is C23H36N4O7. The van der Waals surface area contributed by atoms with Gasteiger partial charge in [-0.1, -0.05) is 39.8 Å². The van der Waals surface area contributed by atoms with Crippen LogP contribution in [0.5, 0.6) is 5.75 Å². The van der Waals surface area contributed by atoms with Crippen molar-refractivity contribution in [2.45, 2.75) is 71.3 Å². The van der Waals surface area contributed by atoms with E-state index in [-0.39, 0.29) is 18.1 Å². The fourth-order valence-corrected chi connectivity index (χ4v) is 3.11. The van der Waals surface area contributed by atoms with Crippen LogP contribution >= 0.6 is 0 Å². The lowest BCUT2D eigenvalue weighted by Gasteiger charge is -2.28. The number of aliphatic hydroxyl groups is 1. The highest BCUT2D eigenvalue weighted by molar-refractivity contribution is 5.94. The van der Waals surface area contributed by atoms with Gasteiger partial charge in [0.25, 0.3) is 0 Å². The van der Waals surface area contributed by atoms with Crippen LogP contribution in [0.25, 0.3) is 0 Å². The van der Waals surface area contributed by atoms with E-state index in [9.17, 15) is 34.5 Å². The third kappa shape index (κ3) is 8.64. The van der Waals surface area contributed by atoms with Gasteiger partial charge in [-0.15, -0.1) is 0 Å². The number of carboxylic acid groups (broad SMARTS) is 1. The van der Waals surface area contributed by atoms with Gasteiger partial charge in [-0.2, -0.15) is 0 Å². The van der Waals surface area contributed by atoms with Gasteiger partial charge in [-0.05, 0) is 36.5 Å². The molecule has 8 N–H and O–H groups in total. The van der Waals surface area contributed by atoms with E-state index in [2.05, 4.69) is 16.0 Å². The second-order valence-corrected chi connectivity index (χ2v) is 9.00. The van der Waals surface area contributed by atoms with E-state index in [1.807, 2.05) is 0 Å². The molecule has 1 aromatic carbocycles. The smallest absolute Gasteiger partial charge is 0.326 e. The Morgan fingerprint density at radius 3 is 1.76 bits per heavy atom. The van der Waals surface area contributed by atoms with E-state index >= 15 is 0 Å². The Labute approximate surface area is 199 Å². The Morgan fingerprint density at radius 1 is 0.824 bits per heavy atom. The summed E-state index contributed by atoms with van der Waals surface area (Å²) in [4.78, 5) is 49.9. The maximum Gasteiger partial charge on any atom is 0.326 e. The number of carbonyl (C=O) groups is 4. The van der Waals surface area contributed by atoms with Crippen molar-refractivity contribution in [1.29, 1.82) is 0 Å². The zero-order valence-electron chi connectivity index (χ0n) is 20.1. The Balaban J connectivity index is 3.11. The topological polar surface area (TPSA) is 191 Å². The number of amides is 3. The largest absolute Gasteiger partial charge is 0.508 e. The highest BCUT2D eigenvalue weighted by Crippen LogP contribution is 2.13. The van der Waals surface area contributed by atoms with Crippen LogP contribution in [0.1, 0.15) is 40.2 Å². The average Bonchev–Trinajstić information content (AvgIpc) is 2.74. The highest BCUT2D eigenvalue weighted by Gasteiger charge is 2.33. The summed E-state index contributed by atoms with van der Waals surface area (Å²) in [5.74, 6) is -4.06. The monoisotopic (exact) mass is 480 g/mol. The third-order valence-electron chi connectivity index (χ3n) is 5.31. The normalized spacial score (nSPS) is 15.7. The molecule has 0 fully saturated rings. The molecule has 190 valence electrons. The number of hydrogen-bond acceptors (Lipinski definition) is 7. The Kier molecular flexibility index (Phi) is 10.9. The number of rotatable bonds is 12. The molecule has 0 spiro atoms. The Bertz CT molecular complexity index is 855. The van der Waals surface area contributed by atoms with Gasteiger partial charge in [0, 0.05) is 6.42 Å². The Hall–Kier alpha value is -3.18. The minimum absolute atomic E-state index is 0.0144. The first-order valence-electron chi connectivity index (χ1n) is 11.1. The zero-order chi connectivity index (χ0) is 26.2. The van der Waals surface area contributed by atoms with Crippen LogP contribution in [0.3, 0.4) is 0 Å². The number of phenols is 1. The molecule has 11 nitrogen and oxygen atoms in total. The van der Waals surface area contributed by atoms with Crippen LogP contribution in [0.2, 0.25) is 0 Å². The van der Waals surface area contributed by atoms with Crippen LogP contribution < -0.4 is 21.7 Å². The van der Waals surface area contributed by atoms with Crippen molar-refractivity contribution in [2.24, 2.45) is 17.6 Å². The van der Waals surface area contributed by atoms with E-state index in [1.54, 1.807) is 39.8 Å². The Morgan fingerprint density at radius 2 is 1.32 bits per heavy atom. The van der Waals surface area contributed by atoms with Gasteiger partial charge in [-0.25, -0.2) is 4.79 Å². The minimum atomic E-state index is -1.28. The molecule has 0 aliphatic heterocycles. The van der Waals surface area contributed by atoms with Crippen molar-refractivity contribution in [3.05, 3.63) is 29.8 Å². The van der Waals surface area contributed by atoms with Crippen LogP contribution in [-0.4, -0.2) is 69.3 Å². The van der Waals surface area contributed by atoms with Crippen molar-refractivity contribution in [1.82, 2.24) is 16.0 Å². The molecule has 3 amide bonds. The lowest BCUT2D eigenvalue weighted by atomic mass is 9.99. The first-order valence-corrected chi connectivity index (χ1v) is 11.1. The van der Waals surface area contributed by atoms with Gasteiger partial charge in [0.1, 0.15) is 29.9 Å². The van der Waals surface area contributed by atoms with Gasteiger partial charge >= 0.3 is 5.97 Å². The molecule has 0 saturated heterocycles. The number of nitrogens with two attached hydrogens (primary N) is 1. The highest BCUT2D eigenvalue weighted by atomic mass is 16.4. The number of hydrogen-bond donors (Lipinski definition) is 7. The van der Waals surface area contributed by atoms with E-state index < -0.39 is 59.9 Å². The SMILES string of the molecule is CC(C)C(NC(=O)C(NC(=O)C(Cc1ccc(O)cc1)NC(=O)C(N)C(C)O)C(C)C)C(=O)O. The second-order valence-electron chi connectivity index (χ2n) is 9.00. The quantitative estimate of drug-likeness (QED) is 0.208. The first kappa shape index (κ1) is 28.9. The standard InChI is InChI=1S/C23H36N4O7/c1-11(2)18(22(32)27-19(12(3)4)23(33)34)26-20(30)16(25-21(31)17(24)13(5)28)10-14-6-8-15(29)9-7-14/h6-9,11-13,16-19,28-29H,10,24H2,1-5H3,(H,25,31)(H,26,30)(H,27,32)(H,33,34). The summed E-state index contributed by atoms with van der Waals surface area (Å²) in [6.07, 6.45) is -1.14. The van der Waals surface area contributed by atoms with Gasteiger partial charge in [0.15, 0.2) is 0 Å². The van der Waals surface area contributed by atoms with Crippen molar-refractivity contribution in [2.75, 3.05) is 0 Å². The second kappa shape index (κ2) is 12.9. The number of nitrogens with one attached hydrogen (secondary N) is 3. The predicted molar refractivity (Wildman–Crippen MR) is 125 cm³/mol. The van der Waals surface area contributed by atoms with Crippen LogP contribution in [0, 0.1) is 11.8 Å². The van der Waals surface area contributed by atoms with Gasteiger partial charge in [0.05, 0.1) is 6.10 Å². The number of carbonyl (C=O) groups excluding carboxylic acids is 3. The maximum atomic E-state index is 13.1. The molecule has 5 atom stereocenters. The summed E-state index contributed by atoms with van der Waals surface area (Å²) in [5.41, 5.74) is 6.30. The molecule has 1 aromatic rings. The van der Waals surface area contributed by atoms with Gasteiger partial charge in [-0.3, -0.25) is 14.4 Å². The molecule has 0 radical (unpaired) electrons. The summed E-state index contributed by atoms with van der Waals surface area (Å²) in [6.45, 7) is 8.01. The van der Waals surface area contributed by atoms with Crippen molar-refractivity contribution >= 4 is 23.7 Å². The number of phenolic OH excluding ortho intramolecular Hbond substituents is 1. The number of aromatic hydroxyl groups is 1. The van der Waals surface area contributed by atoms with E-state index in [0.717, 1.165) is 0 Å². The summed E-state index contributed by atoms with van der Waals surface area (Å²) < 4.78 is 0. The third-order valence-corrected chi connectivity index (χ3v) is 5.31. The summed E-state index contributed by atoms with van der Waals surface area (Å²) >= 11 is 0. The molecule has 5 unspecified atom stereocenters. The fourth-order valence-electron chi connectivity index (χ4n) is 3.11. The van der Waals surface area contributed by atoms with Crippen molar-refractivity contribution < 1.29 is 34.5 Å². The predicted octanol–water partition coefficient (Wildman–Crippen LogP) is -0.506. The summed E-state index contributed by atoms with van der Waals surface area (Å²) in [5, 5.41) is 36.0. The molecule has 0 aliphatic rings. The molecule has 0 aliphatic carbocycles. The molecular weight excluding hydrogens is 444 g/mol. The van der Waals surface area contributed by atoms with Gasteiger partial charge in [0.2, 0.25) is 17.7 Å². The molecule has 1 rings (SSSR count). The summed E-state index contributed by atoms with van der Waals surface area (Å²) in [7, 11) is 0. The minimum Gasteiger partial charge on any atom is -0.508 e. The lowest BCUT2D eigenvalue weighted by Crippen LogP contribution is -2.60.